The van der Waals surface area contributed by atoms with Crippen LogP contribution in [0.2, 0.25) is 0 Å². The molecule has 15 heavy (non-hydrogen) atoms. The molecular formula is C9H11F3N2O. The van der Waals surface area contributed by atoms with E-state index in [4.69, 9.17) is 5.26 Å². The molecule has 0 aliphatic carbocycles. The molecule has 6 heteroatoms. The van der Waals surface area contributed by atoms with E-state index >= 15 is 0 Å². The number of amides is 1. The second-order valence-corrected chi connectivity index (χ2v) is 3.53. The summed E-state index contributed by atoms with van der Waals surface area (Å²) in [6, 6.07) is 1.69. The molecular weight excluding hydrogens is 209 g/mol. The molecule has 1 saturated heterocycles. The number of likely N-dealkylation sites (tertiary alicyclic amines) is 1. The summed E-state index contributed by atoms with van der Waals surface area (Å²) in [7, 11) is 0. The van der Waals surface area contributed by atoms with Gasteiger partial charge in [0.15, 0.2) is 0 Å². The summed E-state index contributed by atoms with van der Waals surface area (Å²) in [5, 5.41) is 8.27. The Balaban J connectivity index is 2.43. The summed E-state index contributed by atoms with van der Waals surface area (Å²) >= 11 is 0. The predicted molar refractivity (Wildman–Crippen MR) is 45.6 cm³/mol. The molecule has 0 saturated carbocycles. The number of hydrogen-bond acceptors (Lipinski definition) is 2. The van der Waals surface area contributed by atoms with Gasteiger partial charge in [-0.25, -0.2) is 0 Å². The van der Waals surface area contributed by atoms with Crippen molar-refractivity contribution in [3.05, 3.63) is 0 Å². The lowest BCUT2D eigenvalue weighted by Gasteiger charge is -2.32. The van der Waals surface area contributed by atoms with E-state index in [0.717, 1.165) is 0 Å². The third-order valence-electron chi connectivity index (χ3n) is 2.54. The van der Waals surface area contributed by atoms with Crippen LogP contribution < -0.4 is 0 Å². The second kappa shape index (κ2) is 4.51. The minimum atomic E-state index is -4.16. The van der Waals surface area contributed by atoms with Crippen LogP contribution in [-0.4, -0.2) is 30.1 Å². The van der Waals surface area contributed by atoms with Gasteiger partial charge in [-0.2, -0.15) is 18.4 Å². The highest BCUT2D eigenvalue weighted by Crippen LogP contribution is 2.34. The first-order chi connectivity index (χ1) is 6.95. The smallest absolute Gasteiger partial charge is 0.342 e. The lowest BCUT2D eigenvalue weighted by atomic mass is 9.96. The SMILES string of the molecule is N#CCC(=O)N1CCC(C(F)(F)F)CC1. The molecule has 0 spiro atoms. The zero-order valence-corrected chi connectivity index (χ0v) is 8.05. The number of carbonyl (C=O) groups excluding carboxylic acids is 1. The number of nitriles is 1. The summed E-state index contributed by atoms with van der Waals surface area (Å²) in [6.45, 7) is 0.204. The van der Waals surface area contributed by atoms with Crippen LogP contribution in [0.1, 0.15) is 19.3 Å². The van der Waals surface area contributed by atoms with Gasteiger partial charge in [-0.3, -0.25) is 4.79 Å². The van der Waals surface area contributed by atoms with Crippen molar-refractivity contribution in [3.63, 3.8) is 0 Å². The number of hydrogen-bond donors (Lipinski definition) is 0. The standard InChI is InChI=1S/C9H11F3N2O/c10-9(11,12)7-2-5-14(6-3-7)8(15)1-4-13/h7H,1-3,5-6H2. The van der Waals surface area contributed by atoms with Crippen molar-refractivity contribution in [2.75, 3.05) is 13.1 Å². The van der Waals surface area contributed by atoms with Gasteiger partial charge in [0.25, 0.3) is 0 Å². The molecule has 0 unspecified atom stereocenters. The minimum Gasteiger partial charge on any atom is -0.342 e. The monoisotopic (exact) mass is 220 g/mol. The van der Waals surface area contributed by atoms with Gasteiger partial charge < -0.3 is 4.90 Å². The van der Waals surface area contributed by atoms with Crippen molar-refractivity contribution in [1.29, 1.82) is 5.26 Å². The van der Waals surface area contributed by atoms with Gasteiger partial charge in [0.1, 0.15) is 6.42 Å². The van der Waals surface area contributed by atoms with Crippen molar-refractivity contribution in [3.8, 4) is 6.07 Å². The Bertz CT molecular complexity index is 274. The number of nitrogens with zero attached hydrogens (tertiary/aromatic N) is 2. The largest absolute Gasteiger partial charge is 0.391 e. The molecule has 0 aromatic rings. The molecule has 1 amide bonds. The first-order valence-corrected chi connectivity index (χ1v) is 4.66. The summed E-state index contributed by atoms with van der Waals surface area (Å²) in [5.74, 6) is -1.68. The number of piperidine rings is 1. The van der Waals surface area contributed by atoms with Crippen LogP contribution in [0, 0.1) is 17.2 Å². The first-order valence-electron chi connectivity index (χ1n) is 4.66. The molecule has 0 N–H and O–H groups in total. The predicted octanol–water partition coefficient (Wildman–Crippen LogP) is 1.70. The molecule has 0 aromatic carbocycles. The first kappa shape index (κ1) is 11.8. The lowest BCUT2D eigenvalue weighted by molar-refractivity contribution is -0.186. The summed E-state index contributed by atoms with van der Waals surface area (Å²) < 4.78 is 36.8. The van der Waals surface area contributed by atoms with Gasteiger partial charge in [0.05, 0.1) is 12.0 Å². The highest BCUT2D eigenvalue weighted by Gasteiger charge is 2.41. The number of carbonyl (C=O) groups is 1. The average Bonchev–Trinajstić information content (AvgIpc) is 2.17. The van der Waals surface area contributed by atoms with Gasteiger partial charge in [0, 0.05) is 13.1 Å². The van der Waals surface area contributed by atoms with Gasteiger partial charge in [-0.05, 0) is 12.8 Å². The van der Waals surface area contributed by atoms with E-state index < -0.39 is 12.1 Å². The van der Waals surface area contributed by atoms with Crippen LogP contribution in [0.5, 0.6) is 0 Å². The van der Waals surface area contributed by atoms with Crippen molar-refractivity contribution < 1.29 is 18.0 Å². The summed E-state index contributed by atoms with van der Waals surface area (Å²) in [6.07, 6.45) is -4.53. The zero-order chi connectivity index (χ0) is 11.5. The molecule has 1 heterocycles. The summed E-state index contributed by atoms with van der Waals surface area (Å²) in [4.78, 5) is 12.5. The normalized spacial score (nSPS) is 18.7. The number of alkyl halides is 3. The van der Waals surface area contributed by atoms with E-state index in [-0.39, 0.29) is 38.3 Å². The van der Waals surface area contributed by atoms with Crippen molar-refractivity contribution in [2.24, 2.45) is 5.92 Å². The van der Waals surface area contributed by atoms with E-state index in [1.165, 1.54) is 4.90 Å². The van der Waals surface area contributed by atoms with Gasteiger partial charge in [0.2, 0.25) is 5.91 Å². The quantitative estimate of drug-likeness (QED) is 0.675. The highest BCUT2D eigenvalue weighted by atomic mass is 19.4. The third-order valence-corrected chi connectivity index (χ3v) is 2.54. The maximum atomic E-state index is 12.3. The topological polar surface area (TPSA) is 44.1 Å². The van der Waals surface area contributed by atoms with E-state index in [1.807, 2.05) is 0 Å². The third kappa shape index (κ3) is 3.11. The summed E-state index contributed by atoms with van der Waals surface area (Å²) in [5.41, 5.74) is 0. The molecule has 0 bridgehead atoms. The van der Waals surface area contributed by atoms with E-state index in [1.54, 1.807) is 6.07 Å². The molecule has 84 valence electrons. The Morgan fingerprint density at radius 3 is 2.33 bits per heavy atom. The average molecular weight is 220 g/mol. The van der Waals surface area contributed by atoms with Crippen LogP contribution in [0.15, 0.2) is 0 Å². The van der Waals surface area contributed by atoms with Crippen LogP contribution in [0.4, 0.5) is 13.2 Å². The highest BCUT2D eigenvalue weighted by molar-refractivity contribution is 5.78. The Morgan fingerprint density at radius 2 is 1.93 bits per heavy atom. The maximum absolute atomic E-state index is 12.3. The van der Waals surface area contributed by atoms with Crippen LogP contribution in [0.25, 0.3) is 0 Å². The fourth-order valence-electron chi connectivity index (χ4n) is 1.64. The number of halogens is 3. The molecule has 0 aromatic heterocycles. The lowest BCUT2D eigenvalue weighted by Crippen LogP contribution is -2.41. The Hall–Kier alpha value is -1.25. The van der Waals surface area contributed by atoms with Gasteiger partial charge in [-0.1, -0.05) is 0 Å². The van der Waals surface area contributed by atoms with E-state index in [9.17, 15) is 18.0 Å². The fourth-order valence-corrected chi connectivity index (χ4v) is 1.64. The molecule has 1 fully saturated rings. The Kier molecular flexibility index (Phi) is 3.56. The molecule has 1 aliphatic heterocycles. The van der Waals surface area contributed by atoms with Crippen molar-refractivity contribution >= 4 is 5.91 Å². The van der Waals surface area contributed by atoms with Crippen LogP contribution in [-0.2, 0) is 4.79 Å². The Labute approximate surface area is 85.5 Å². The van der Waals surface area contributed by atoms with Crippen LogP contribution in [0.3, 0.4) is 0 Å². The van der Waals surface area contributed by atoms with Gasteiger partial charge in [-0.15, -0.1) is 0 Å². The minimum absolute atomic E-state index is 0.0549. The van der Waals surface area contributed by atoms with Crippen molar-refractivity contribution in [1.82, 2.24) is 4.90 Å². The fraction of sp³-hybridized carbons (Fsp3) is 0.778. The molecule has 1 aliphatic rings. The molecule has 1 rings (SSSR count). The van der Waals surface area contributed by atoms with Gasteiger partial charge >= 0.3 is 6.18 Å². The van der Waals surface area contributed by atoms with E-state index in [2.05, 4.69) is 0 Å². The second-order valence-electron chi connectivity index (χ2n) is 3.53. The molecule has 0 radical (unpaired) electrons. The zero-order valence-electron chi connectivity index (χ0n) is 8.05. The van der Waals surface area contributed by atoms with E-state index in [0.29, 0.717) is 0 Å². The maximum Gasteiger partial charge on any atom is 0.391 e. The van der Waals surface area contributed by atoms with Crippen LogP contribution >= 0.6 is 0 Å². The van der Waals surface area contributed by atoms with Crippen molar-refractivity contribution in [2.45, 2.75) is 25.4 Å². The Morgan fingerprint density at radius 1 is 1.40 bits per heavy atom. The number of rotatable bonds is 1. The molecule has 0 atom stereocenters. The molecule has 3 nitrogen and oxygen atoms in total.